The van der Waals surface area contributed by atoms with Crippen molar-refractivity contribution in [3.8, 4) is 5.75 Å². The molecule has 0 unspecified atom stereocenters. The Hall–Kier alpha value is -2.88. The zero-order valence-corrected chi connectivity index (χ0v) is 11.4. The van der Waals surface area contributed by atoms with Crippen LogP contribution in [0.2, 0.25) is 0 Å². The highest BCUT2D eigenvalue weighted by Crippen LogP contribution is 2.26. The summed E-state index contributed by atoms with van der Waals surface area (Å²) in [6, 6.07) is 14.4. The average Bonchev–Trinajstić information content (AvgIpc) is 2.49. The number of nitrogens with zero attached hydrogens (tertiary/aromatic N) is 1. The molecule has 2 aromatic carbocycles. The van der Waals surface area contributed by atoms with E-state index < -0.39 is 5.63 Å². The first-order valence-corrected chi connectivity index (χ1v) is 6.51. The third kappa shape index (κ3) is 2.56. The van der Waals surface area contributed by atoms with Crippen LogP contribution in [0.15, 0.2) is 62.7 Å². The van der Waals surface area contributed by atoms with Crippen molar-refractivity contribution in [1.29, 1.82) is 0 Å². The second kappa shape index (κ2) is 5.25. The Morgan fingerprint density at radius 2 is 1.90 bits per heavy atom. The maximum absolute atomic E-state index is 11.9. The lowest BCUT2D eigenvalue weighted by molar-refractivity contribution is 0.466. The molecule has 0 saturated heterocycles. The van der Waals surface area contributed by atoms with Gasteiger partial charge in [-0.25, -0.2) is 4.79 Å². The van der Waals surface area contributed by atoms with Crippen LogP contribution in [0.1, 0.15) is 11.1 Å². The van der Waals surface area contributed by atoms with Gasteiger partial charge in [0.25, 0.3) is 0 Å². The maximum Gasteiger partial charge on any atom is 0.348 e. The molecule has 0 saturated carbocycles. The molecule has 4 nitrogen and oxygen atoms in total. The van der Waals surface area contributed by atoms with Gasteiger partial charge in [-0.15, -0.1) is 0 Å². The maximum atomic E-state index is 11.9. The summed E-state index contributed by atoms with van der Waals surface area (Å²) in [5.74, 6) is -0.107. The number of hydrogen-bond donors (Lipinski definition) is 1. The number of benzene rings is 2. The van der Waals surface area contributed by atoms with Crippen molar-refractivity contribution in [2.24, 2.45) is 4.99 Å². The van der Waals surface area contributed by atoms with Crippen LogP contribution >= 0.6 is 0 Å². The van der Waals surface area contributed by atoms with Gasteiger partial charge < -0.3 is 9.52 Å². The van der Waals surface area contributed by atoms with Crippen LogP contribution in [-0.4, -0.2) is 11.3 Å². The number of aryl methyl sites for hydroxylation is 1. The van der Waals surface area contributed by atoms with Crippen LogP contribution in [-0.2, 0) is 0 Å². The van der Waals surface area contributed by atoms with E-state index in [0.29, 0.717) is 16.7 Å². The van der Waals surface area contributed by atoms with Gasteiger partial charge in [0.05, 0.1) is 11.1 Å². The molecule has 1 aromatic heterocycles. The Morgan fingerprint density at radius 1 is 1.14 bits per heavy atom. The predicted molar refractivity (Wildman–Crippen MR) is 82.6 cm³/mol. The molecule has 0 aliphatic heterocycles. The van der Waals surface area contributed by atoms with E-state index in [1.54, 1.807) is 24.3 Å². The van der Waals surface area contributed by atoms with E-state index in [-0.39, 0.29) is 11.3 Å². The molecule has 1 heterocycles. The lowest BCUT2D eigenvalue weighted by atomic mass is 10.1. The largest absolute Gasteiger partial charge is 0.506 e. The van der Waals surface area contributed by atoms with E-state index >= 15 is 0 Å². The molecule has 1 N–H and O–H groups in total. The highest BCUT2D eigenvalue weighted by molar-refractivity contribution is 5.94. The summed E-state index contributed by atoms with van der Waals surface area (Å²) in [5, 5.41) is 10.8. The van der Waals surface area contributed by atoms with Gasteiger partial charge in [-0.3, -0.25) is 4.99 Å². The number of hydrogen-bond acceptors (Lipinski definition) is 4. The fourth-order valence-corrected chi connectivity index (χ4v) is 2.08. The summed E-state index contributed by atoms with van der Waals surface area (Å²) in [7, 11) is 0. The zero-order valence-electron chi connectivity index (χ0n) is 11.4. The fraction of sp³-hybridized carbons (Fsp3) is 0.0588. The SMILES string of the molecule is Cc1ccc2oc(=O)c(C=Nc3ccccc3)c(O)c2c1. The minimum atomic E-state index is -0.608. The standard InChI is InChI=1S/C17H13NO3/c1-11-7-8-15-13(9-11)16(19)14(17(20)21-15)10-18-12-5-3-2-4-6-12/h2-10,19H,1H3. The molecule has 104 valence electrons. The number of para-hydroxylation sites is 1. The van der Waals surface area contributed by atoms with E-state index in [0.717, 1.165) is 5.56 Å². The highest BCUT2D eigenvalue weighted by Gasteiger charge is 2.12. The number of aromatic hydroxyl groups is 1. The molecule has 4 heteroatoms. The van der Waals surface area contributed by atoms with E-state index in [1.165, 1.54) is 6.21 Å². The van der Waals surface area contributed by atoms with Gasteiger partial charge in [0, 0.05) is 6.21 Å². The minimum absolute atomic E-state index is 0.0527. The van der Waals surface area contributed by atoms with Crippen LogP contribution in [0.4, 0.5) is 5.69 Å². The van der Waals surface area contributed by atoms with Gasteiger partial charge in [0.15, 0.2) is 0 Å². The highest BCUT2D eigenvalue weighted by atomic mass is 16.4. The molecule has 3 rings (SSSR count). The van der Waals surface area contributed by atoms with E-state index in [2.05, 4.69) is 4.99 Å². The summed E-state index contributed by atoms with van der Waals surface area (Å²) in [6.45, 7) is 1.90. The summed E-state index contributed by atoms with van der Waals surface area (Å²) in [6.07, 6.45) is 1.33. The van der Waals surface area contributed by atoms with Crippen molar-refractivity contribution in [2.75, 3.05) is 0 Å². The molecule has 21 heavy (non-hydrogen) atoms. The van der Waals surface area contributed by atoms with Crippen molar-refractivity contribution < 1.29 is 9.52 Å². The lowest BCUT2D eigenvalue weighted by Gasteiger charge is -2.03. The van der Waals surface area contributed by atoms with E-state index in [1.807, 2.05) is 31.2 Å². The second-order valence-corrected chi connectivity index (χ2v) is 4.75. The van der Waals surface area contributed by atoms with Gasteiger partial charge in [0.1, 0.15) is 16.9 Å². The van der Waals surface area contributed by atoms with Crippen LogP contribution in [0, 0.1) is 6.92 Å². The van der Waals surface area contributed by atoms with Crippen molar-refractivity contribution >= 4 is 22.9 Å². The molecule has 0 aliphatic rings. The molecular formula is C17H13NO3. The third-order valence-corrected chi connectivity index (χ3v) is 3.17. The molecule has 0 fully saturated rings. The lowest BCUT2D eigenvalue weighted by Crippen LogP contribution is -2.07. The molecule has 0 spiro atoms. The quantitative estimate of drug-likeness (QED) is 0.576. The third-order valence-electron chi connectivity index (χ3n) is 3.17. The van der Waals surface area contributed by atoms with E-state index in [9.17, 15) is 9.90 Å². The van der Waals surface area contributed by atoms with Crippen molar-refractivity contribution in [3.63, 3.8) is 0 Å². The Balaban J connectivity index is 2.14. The summed E-state index contributed by atoms with van der Waals surface area (Å²) >= 11 is 0. The molecule has 0 radical (unpaired) electrons. The molecule has 0 amide bonds. The van der Waals surface area contributed by atoms with E-state index in [4.69, 9.17) is 4.42 Å². The molecule has 0 atom stereocenters. The molecule has 0 aliphatic carbocycles. The smallest absolute Gasteiger partial charge is 0.348 e. The van der Waals surface area contributed by atoms with Crippen LogP contribution in [0.5, 0.6) is 5.75 Å². The van der Waals surface area contributed by atoms with Gasteiger partial charge in [0.2, 0.25) is 0 Å². The first-order chi connectivity index (χ1) is 10.1. The van der Waals surface area contributed by atoms with Gasteiger partial charge in [-0.1, -0.05) is 29.8 Å². The first-order valence-electron chi connectivity index (χ1n) is 6.51. The Kier molecular flexibility index (Phi) is 3.28. The molecule has 3 aromatic rings. The fourth-order valence-electron chi connectivity index (χ4n) is 2.08. The van der Waals surface area contributed by atoms with Gasteiger partial charge in [-0.05, 0) is 31.2 Å². The number of fused-ring (bicyclic) bond motifs is 1. The van der Waals surface area contributed by atoms with Crippen LogP contribution in [0.3, 0.4) is 0 Å². The zero-order chi connectivity index (χ0) is 14.8. The Labute approximate surface area is 121 Å². The monoisotopic (exact) mass is 279 g/mol. The predicted octanol–water partition coefficient (Wildman–Crippen LogP) is 3.56. The first kappa shape index (κ1) is 13.1. The summed E-state index contributed by atoms with van der Waals surface area (Å²) < 4.78 is 5.21. The topological polar surface area (TPSA) is 62.8 Å². The van der Waals surface area contributed by atoms with Crippen molar-refractivity contribution in [1.82, 2.24) is 0 Å². The number of aliphatic imine (C=N–C) groups is 1. The van der Waals surface area contributed by atoms with Crippen molar-refractivity contribution in [3.05, 3.63) is 70.1 Å². The summed E-state index contributed by atoms with van der Waals surface area (Å²) in [4.78, 5) is 16.1. The Bertz CT molecular complexity index is 880. The van der Waals surface area contributed by atoms with Gasteiger partial charge >= 0.3 is 5.63 Å². The summed E-state index contributed by atoms with van der Waals surface area (Å²) in [5.41, 5.74) is 1.47. The van der Waals surface area contributed by atoms with Crippen LogP contribution in [0.25, 0.3) is 11.0 Å². The Morgan fingerprint density at radius 3 is 2.67 bits per heavy atom. The minimum Gasteiger partial charge on any atom is -0.506 e. The number of rotatable bonds is 2. The molecule has 0 bridgehead atoms. The van der Waals surface area contributed by atoms with Crippen molar-refractivity contribution in [2.45, 2.75) is 6.92 Å². The second-order valence-electron chi connectivity index (χ2n) is 4.75. The van der Waals surface area contributed by atoms with Gasteiger partial charge in [-0.2, -0.15) is 0 Å². The van der Waals surface area contributed by atoms with Crippen LogP contribution < -0.4 is 5.63 Å². The average molecular weight is 279 g/mol. The normalized spacial score (nSPS) is 11.3. The molecular weight excluding hydrogens is 266 g/mol.